The number of benzene rings is 1. The van der Waals surface area contributed by atoms with Crippen LogP contribution in [0.5, 0.6) is 0 Å². The van der Waals surface area contributed by atoms with Gasteiger partial charge in [0.2, 0.25) is 11.8 Å². The number of carbonyl (C=O) groups is 4. The lowest BCUT2D eigenvalue weighted by atomic mass is 10.0. The Morgan fingerprint density at radius 3 is 2.44 bits per heavy atom. The van der Waals surface area contributed by atoms with Gasteiger partial charge in [-0.2, -0.15) is 0 Å². The number of Topliss-reactive ketones (excluding diaryl/α,β-unsaturated/α-hetero) is 1. The summed E-state index contributed by atoms with van der Waals surface area (Å²) in [5, 5.41) is 5.06. The van der Waals surface area contributed by atoms with Crippen LogP contribution in [0.2, 0.25) is 0 Å². The monoisotopic (exact) mass is 349 g/mol. The van der Waals surface area contributed by atoms with E-state index in [2.05, 4.69) is 10.6 Å². The summed E-state index contributed by atoms with van der Waals surface area (Å²) in [6, 6.07) is 6.17. The van der Waals surface area contributed by atoms with E-state index in [9.17, 15) is 19.2 Å². The number of hydrogen-bond donors (Lipinski definition) is 3. The van der Waals surface area contributed by atoms with E-state index in [4.69, 9.17) is 10.5 Å². The maximum Gasteiger partial charge on any atom is 0.246 e. The van der Waals surface area contributed by atoms with Gasteiger partial charge in [-0.25, -0.2) is 0 Å². The van der Waals surface area contributed by atoms with Gasteiger partial charge in [-0.1, -0.05) is 24.3 Å². The zero-order valence-electron chi connectivity index (χ0n) is 14.1. The Balaban J connectivity index is 2.34. The Hall–Kier alpha value is -2.58. The highest BCUT2D eigenvalue weighted by atomic mass is 16.5. The molecule has 8 heteroatoms. The lowest BCUT2D eigenvalue weighted by molar-refractivity contribution is -0.128. The Labute approximate surface area is 146 Å². The van der Waals surface area contributed by atoms with Crippen molar-refractivity contribution in [3.8, 4) is 0 Å². The van der Waals surface area contributed by atoms with Gasteiger partial charge in [0.15, 0.2) is 5.78 Å². The van der Waals surface area contributed by atoms with Crippen molar-refractivity contribution in [2.24, 2.45) is 5.73 Å². The molecule has 0 radical (unpaired) electrons. The molecule has 0 saturated heterocycles. The number of nitrogens with two attached hydrogens (primary N) is 1. The van der Waals surface area contributed by atoms with Gasteiger partial charge in [-0.3, -0.25) is 14.4 Å². The smallest absolute Gasteiger partial charge is 0.246 e. The molecule has 0 fully saturated rings. The van der Waals surface area contributed by atoms with Crippen LogP contribution in [0.4, 0.5) is 0 Å². The summed E-state index contributed by atoms with van der Waals surface area (Å²) in [6.07, 6.45) is 0.970. The SMILES string of the molecule is CC(=O)c1ccc(C[C@@H](C=O)NC(=O)COCCNC(=O)CN)cc1. The van der Waals surface area contributed by atoms with Crippen molar-refractivity contribution >= 4 is 23.9 Å². The minimum Gasteiger partial charge on any atom is -0.370 e. The van der Waals surface area contributed by atoms with Crippen LogP contribution in [0, 0.1) is 0 Å². The molecule has 0 heterocycles. The van der Waals surface area contributed by atoms with E-state index in [1.54, 1.807) is 24.3 Å². The quantitative estimate of drug-likeness (QED) is 0.273. The molecule has 4 N–H and O–H groups in total. The number of carbonyl (C=O) groups excluding carboxylic acids is 4. The molecular weight excluding hydrogens is 326 g/mol. The van der Waals surface area contributed by atoms with Gasteiger partial charge < -0.3 is 25.9 Å². The Morgan fingerprint density at radius 2 is 1.88 bits per heavy atom. The Morgan fingerprint density at radius 1 is 1.20 bits per heavy atom. The summed E-state index contributed by atoms with van der Waals surface area (Å²) in [5.41, 5.74) is 6.54. The van der Waals surface area contributed by atoms with Crippen molar-refractivity contribution < 1.29 is 23.9 Å². The number of ketones is 1. The van der Waals surface area contributed by atoms with Gasteiger partial charge >= 0.3 is 0 Å². The zero-order valence-corrected chi connectivity index (χ0v) is 14.1. The van der Waals surface area contributed by atoms with Crippen LogP contribution in [0.15, 0.2) is 24.3 Å². The number of rotatable bonds is 11. The van der Waals surface area contributed by atoms with Crippen molar-refractivity contribution in [1.82, 2.24) is 10.6 Å². The molecule has 2 amide bonds. The van der Waals surface area contributed by atoms with Crippen LogP contribution in [-0.4, -0.2) is 56.2 Å². The molecule has 0 spiro atoms. The third-order valence-electron chi connectivity index (χ3n) is 3.31. The van der Waals surface area contributed by atoms with E-state index in [1.807, 2.05) is 0 Å². The lowest BCUT2D eigenvalue weighted by Crippen LogP contribution is -2.40. The summed E-state index contributed by atoms with van der Waals surface area (Å²) < 4.78 is 5.11. The van der Waals surface area contributed by atoms with Gasteiger partial charge in [0.05, 0.1) is 19.2 Å². The molecule has 1 aromatic rings. The topological polar surface area (TPSA) is 128 Å². The first-order valence-electron chi connectivity index (χ1n) is 7.85. The van der Waals surface area contributed by atoms with Crippen LogP contribution in [0.1, 0.15) is 22.8 Å². The molecule has 1 atom stereocenters. The van der Waals surface area contributed by atoms with Gasteiger partial charge in [-0.05, 0) is 18.9 Å². The fourth-order valence-corrected chi connectivity index (χ4v) is 2.01. The lowest BCUT2D eigenvalue weighted by Gasteiger charge is -2.13. The molecule has 8 nitrogen and oxygen atoms in total. The molecule has 0 unspecified atom stereocenters. The fraction of sp³-hybridized carbons (Fsp3) is 0.412. The van der Waals surface area contributed by atoms with Crippen LogP contribution in [0.3, 0.4) is 0 Å². The van der Waals surface area contributed by atoms with Crippen molar-refractivity contribution in [2.75, 3.05) is 26.3 Å². The van der Waals surface area contributed by atoms with Crippen molar-refractivity contribution in [2.45, 2.75) is 19.4 Å². The second kappa shape index (κ2) is 11.1. The maximum absolute atomic E-state index is 11.8. The van der Waals surface area contributed by atoms with Gasteiger partial charge in [-0.15, -0.1) is 0 Å². The van der Waals surface area contributed by atoms with Crippen LogP contribution < -0.4 is 16.4 Å². The van der Waals surface area contributed by atoms with E-state index in [0.717, 1.165) is 5.56 Å². The summed E-state index contributed by atoms with van der Waals surface area (Å²) in [4.78, 5) is 45.0. The minimum absolute atomic E-state index is 0.0356. The summed E-state index contributed by atoms with van der Waals surface area (Å²) in [6.45, 7) is 1.58. The van der Waals surface area contributed by atoms with Gasteiger partial charge in [0.25, 0.3) is 0 Å². The van der Waals surface area contributed by atoms with Crippen LogP contribution in [-0.2, 0) is 25.5 Å². The minimum atomic E-state index is -0.684. The van der Waals surface area contributed by atoms with Gasteiger partial charge in [0, 0.05) is 12.1 Å². The number of nitrogens with one attached hydrogen (secondary N) is 2. The van der Waals surface area contributed by atoms with E-state index < -0.39 is 11.9 Å². The maximum atomic E-state index is 11.8. The normalized spacial score (nSPS) is 11.4. The Kier molecular flexibility index (Phi) is 9.05. The molecule has 0 aliphatic rings. The molecule has 136 valence electrons. The number of hydrogen-bond acceptors (Lipinski definition) is 6. The first-order chi connectivity index (χ1) is 12.0. The second-order valence-corrected chi connectivity index (χ2v) is 5.37. The molecule has 0 saturated carbocycles. The molecule has 1 rings (SSSR count). The van der Waals surface area contributed by atoms with Crippen molar-refractivity contribution in [3.05, 3.63) is 35.4 Å². The highest BCUT2D eigenvalue weighted by Crippen LogP contribution is 2.07. The number of aldehydes is 1. The summed E-state index contributed by atoms with van der Waals surface area (Å²) >= 11 is 0. The average molecular weight is 349 g/mol. The van der Waals surface area contributed by atoms with E-state index >= 15 is 0 Å². The number of amides is 2. The van der Waals surface area contributed by atoms with Crippen LogP contribution in [0.25, 0.3) is 0 Å². The average Bonchev–Trinajstić information content (AvgIpc) is 2.60. The highest BCUT2D eigenvalue weighted by Gasteiger charge is 2.12. The summed E-state index contributed by atoms with van der Waals surface area (Å²) in [7, 11) is 0. The Bertz CT molecular complexity index is 601. The predicted octanol–water partition coefficient (Wildman–Crippen LogP) is -0.793. The summed E-state index contributed by atoms with van der Waals surface area (Å²) in [5.74, 6) is -0.765. The van der Waals surface area contributed by atoms with E-state index in [0.29, 0.717) is 18.3 Å². The third-order valence-corrected chi connectivity index (χ3v) is 3.31. The highest BCUT2D eigenvalue weighted by molar-refractivity contribution is 5.94. The molecule has 25 heavy (non-hydrogen) atoms. The van der Waals surface area contributed by atoms with E-state index in [-0.39, 0.29) is 38.0 Å². The molecule has 0 aliphatic carbocycles. The second-order valence-electron chi connectivity index (χ2n) is 5.37. The first-order valence-corrected chi connectivity index (χ1v) is 7.85. The molecule has 0 aromatic heterocycles. The van der Waals surface area contributed by atoms with Gasteiger partial charge in [0.1, 0.15) is 12.9 Å². The standard InChI is InChI=1S/C17H23N3O5/c1-12(22)14-4-2-13(3-5-14)8-15(10-21)20-17(24)11-25-7-6-19-16(23)9-18/h2-5,10,15H,6-9,11,18H2,1H3,(H,19,23)(H,20,24)/t15-/m0/s1. The fourth-order valence-electron chi connectivity index (χ4n) is 2.01. The third kappa shape index (κ3) is 8.18. The molecule has 1 aromatic carbocycles. The zero-order chi connectivity index (χ0) is 18.7. The largest absolute Gasteiger partial charge is 0.370 e. The molecule has 0 aliphatic heterocycles. The number of ether oxygens (including phenoxy) is 1. The van der Waals surface area contributed by atoms with Crippen LogP contribution >= 0.6 is 0 Å². The van der Waals surface area contributed by atoms with E-state index in [1.165, 1.54) is 6.92 Å². The predicted molar refractivity (Wildman–Crippen MR) is 91.0 cm³/mol. The van der Waals surface area contributed by atoms with Crippen molar-refractivity contribution in [1.29, 1.82) is 0 Å². The molecule has 0 bridgehead atoms. The first kappa shape index (κ1) is 20.5. The van der Waals surface area contributed by atoms with Crippen molar-refractivity contribution in [3.63, 3.8) is 0 Å². The molecular formula is C17H23N3O5.